The van der Waals surface area contributed by atoms with Crippen LogP contribution in [0.25, 0.3) is 0 Å². The molecule has 3 aliphatic rings. The summed E-state index contributed by atoms with van der Waals surface area (Å²) in [5.41, 5.74) is 6.33. The van der Waals surface area contributed by atoms with Crippen LogP contribution in [-0.4, -0.2) is 42.5 Å². The minimum Gasteiger partial charge on any atom is -0.353 e. The fourth-order valence-corrected chi connectivity index (χ4v) is 4.74. The van der Waals surface area contributed by atoms with Gasteiger partial charge in [-0.25, -0.2) is 0 Å². The van der Waals surface area contributed by atoms with Crippen molar-refractivity contribution in [2.45, 2.75) is 70.0 Å². The fraction of sp³-hybridized carbons (Fsp3) is 0.941. The Balaban J connectivity index is 0.00000132. The van der Waals surface area contributed by atoms with Crippen molar-refractivity contribution in [1.82, 2.24) is 10.2 Å². The van der Waals surface area contributed by atoms with E-state index in [1.807, 2.05) is 0 Å². The number of halogens is 2. The highest BCUT2D eigenvalue weighted by Gasteiger charge is 2.41. The van der Waals surface area contributed by atoms with Gasteiger partial charge in [0.25, 0.3) is 0 Å². The number of carbonyl (C=O) groups excluding carboxylic acids is 1. The molecule has 4 atom stereocenters. The second-order valence-corrected chi connectivity index (χ2v) is 7.76. The summed E-state index contributed by atoms with van der Waals surface area (Å²) < 4.78 is 0. The number of likely N-dealkylation sites (tertiary alicyclic amines) is 1. The Hall–Kier alpha value is -0.0300. The summed E-state index contributed by atoms with van der Waals surface area (Å²) >= 11 is 0. The van der Waals surface area contributed by atoms with Crippen LogP contribution in [0, 0.1) is 17.8 Å². The number of amides is 1. The molecule has 23 heavy (non-hydrogen) atoms. The monoisotopic (exact) mass is 365 g/mol. The fourth-order valence-electron chi connectivity index (χ4n) is 4.74. The van der Waals surface area contributed by atoms with Gasteiger partial charge in [0.2, 0.25) is 5.91 Å². The Morgan fingerprint density at radius 1 is 1.09 bits per heavy atom. The summed E-state index contributed by atoms with van der Waals surface area (Å²) in [6, 6.07) is 1.30. The Morgan fingerprint density at radius 3 is 2.26 bits per heavy atom. The van der Waals surface area contributed by atoms with Crippen LogP contribution < -0.4 is 11.1 Å². The van der Waals surface area contributed by atoms with E-state index < -0.39 is 0 Å². The van der Waals surface area contributed by atoms with E-state index in [0.717, 1.165) is 32.2 Å². The highest BCUT2D eigenvalue weighted by atomic mass is 35.5. The van der Waals surface area contributed by atoms with E-state index in [1.54, 1.807) is 0 Å². The van der Waals surface area contributed by atoms with Gasteiger partial charge in [-0.05, 0) is 64.3 Å². The van der Waals surface area contributed by atoms with Crippen molar-refractivity contribution >= 4 is 30.7 Å². The van der Waals surface area contributed by atoms with Gasteiger partial charge < -0.3 is 16.0 Å². The van der Waals surface area contributed by atoms with Crippen LogP contribution in [0.3, 0.4) is 0 Å². The van der Waals surface area contributed by atoms with E-state index in [0.29, 0.717) is 35.9 Å². The summed E-state index contributed by atoms with van der Waals surface area (Å²) in [5.74, 6) is 1.70. The predicted molar refractivity (Wildman–Crippen MR) is 99.3 cm³/mol. The molecule has 0 spiro atoms. The summed E-state index contributed by atoms with van der Waals surface area (Å²) in [6.45, 7) is 3.34. The molecule has 0 radical (unpaired) electrons. The molecule has 6 heteroatoms. The molecule has 1 saturated heterocycles. The van der Waals surface area contributed by atoms with E-state index >= 15 is 0 Å². The molecular formula is C17H33Cl2N3O. The Labute approximate surface area is 153 Å². The average Bonchev–Trinajstić information content (AvgIpc) is 2.42. The largest absolute Gasteiger partial charge is 0.353 e. The third kappa shape index (κ3) is 4.75. The van der Waals surface area contributed by atoms with Gasteiger partial charge in [-0.1, -0.05) is 6.42 Å². The zero-order valence-electron chi connectivity index (χ0n) is 14.4. The van der Waals surface area contributed by atoms with E-state index in [9.17, 15) is 4.79 Å². The van der Waals surface area contributed by atoms with Crippen LogP contribution in [0.5, 0.6) is 0 Å². The van der Waals surface area contributed by atoms with Crippen molar-refractivity contribution in [3.05, 3.63) is 0 Å². The molecular weight excluding hydrogens is 333 g/mol. The lowest BCUT2D eigenvalue weighted by Gasteiger charge is -2.44. The molecule has 3 N–H and O–H groups in total. The number of nitrogens with two attached hydrogens (primary N) is 1. The topological polar surface area (TPSA) is 58.4 Å². The SMILES string of the molecule is CC1CC(NC(=O)C2CC3CCCC(C2)C3N)CCN1C.Cl.Cl. The van der Waals surface area contributed by atoms with Crippen LogP contribution in [0.4, 0.5) is 0 Å². The van der Waals surface area contributed by atoms with Gasteiger partial charge in [-0.3, -0.25) is 4.79 Å². The maximum absolute atomic E-state index is 12.6. The lowest BCUT2D eigenvalue weighted by molar-refractivity contribution is -0.129. The van der Waals surface area contributed by atoms with Gasteiger partial charge in [-0.2, -0.15) is 0 Å². The van der Waals surface area contributed by atoms with Crippen LogP contribution in [-0.2, 0) is 4.79 Å². The first-order chi connectivity index (χ1) is 10.0. The first-order valence-electron chi connectivity index (χ1n) is 8.80. The molecule has 3 fully saturated rings. The van der Waals surface area contributed by atoms with Crippen molar-refractivity contribution in [3.8, 4) is 0 Å². The summed E-state index contributed by atoms with van der Waals surface area (Å²) in [5, 5.41) is 3.34. The zero-order chi connectivity index (χ0) is 15.0. The number of rotatable bonds is 2. The molecule has 1 amide bonds. The second kappa shape index (κ2) is 8.89. The van der Waals surface area contributed by atoms with Gasteiger partial charge in [0.05, 0.1) is 0 Å². The van der Waals surface area contributed by atoms with Crippen LogP contribution in [0.15, 0.2) is 0 Å². The number of hydrogen-bond acceptors (Lipinski definition) is 3. The standard InChI is InChI=1S/C17H31N3O.2ClH/c1-11-8-15(6-7-20(11)2)19-17(21)14-9-12-4-3-5-13(10-14)16(12)18;;/h11-16H,3-10,18H2,1-2H3,(H,19,21);2*1H. The summed E-state index contributed by atoms with van der Waals surface area (Å²) in [6.07, 6.45) is 7.98. The number of piperidine rings is 1. The minimum atomic E-state index is 0. The van der Waals surface area contributed by atoms with Gasteiger partial charge in [0, 0.05) is 30.6 Å². The lowest BCUT2D eigenvalue weighted by atomic mass is 9.65. The highest BCUT2D eigenvalue weighted by Crippen LogP contribution is 2.42. The minimum absolute atomic E-state index is 0. The molecule has 2 bridgehead atoms. The van der Waals surface area contributed by atoms with Crippen molar-refractivity contribution in [3.63, 3.8) is 0 Å². The normalized spacial score (nSPS) is 40.5. The van der Waals surface area contributed by atoms with E-state index in [4.69, 9.17) is 5.73 Å². The molecule has 3 rings (SSSR count). The molecule has 2 saturated carbocycles. The van der Waals surface area contributed by atoms with Gasteiger partial charge >= 0.3 is 0 Å². The molecule has 0 aromatic rings. The maximum Gasteiger partial charge on any atom is 0.223 e. The number of nitrogens with one attached hydrogen (secondary N) is 1. The van der Waals surface area contributed by atoms with Crippen LogP contribution in [0.2, 0.25) is 0 Å². The van der Waals surface area contributed by atoms with Crippen LogP contribution in [0.1, 0.15) is 51.9 Å². The van der Waals surface area contributed by atoms with E-state index in [2.05, 4.69) is 24.2 Å². The number of nitrogens with zero attached hydrogens (tertiary/aromatic N) is 1. The maximum atomic E-state index is 12.6. The van der Waals surface area contributed by atoms with E-state index in [-0.39, 0.29) is 30.7 Å². The first-order valence-corrected chi connectivity index (χ1v) is 8.80. The van der Waals surface area contributed by atoms with Crippen molar-refractivity contribution in [1.29, 1.82) is 0 Å². The van der Waals surface area contributed by atoms with Crippen molar-refractivity contribution in [2.24, 2.45) is 23.5 Å². The van der Waals surface area contributed by atoms with Crippen molar-refractivity contribution < 1.29 is 4.79 Å². The summed E-state index contributed by atoms with van der Waals surface area (Å²) in [7, 11) is 2.17. The third-order valence-corrected chi connectivity index (χ3v) is 6.34. The highest BCUT2D eigenvalue weighted by molar-refractivity contribution is 5.85. The van der Waals surface area contributed by atoms with Crippen LogP contribution >= 0.6 is 24.8 Å². The zero-order valence-corrected chi connectivity index (χ0v) is 16.0. The van der Waals surface area contributed by atoms with Crippen molar-refractivity contribution in [2.75, 3.05) is 13.6 Å². The Bertz CT molecular complexity index is 382. The predicted octanol–water partition coefficient (Wildman–Crippen LogP) is 2.58. The molecule has 1 aliphatic heterocycles. The smallest absolute Gasteiger partial charge is 0.223 e. The van der Waals surface area contributed by atoms with Gasteiger partial charge in [-0.15, -0.1) is 24.8 Å². The summed E-state index contributed by atoms with van der Waals surface area (Å²) in [4.78, 5) is 15.0. The quantitative estimate of drug-likeness (QED) is 0.790. The molecule has 4 unspecified atom stereocenters. The lowest BCUT2D eigenvalue weighted by Crippen LogP contribution is -2.52. The average molecular weight is 366 g/mol. The van der Waals surface area contributed by atoms with E-state index in [1.165, 1.54) is 19.3 Å². The third-order valence-electron chi connectivity index (χ3n) is 6.34. The number of carbonyl (C=O) groups is 1. The molecule has 136 valence electrons. The number of hydrogen-bond donors (Lipinski definition) is 2. The molecule has 2 aliphatic carbocycles. The Morgan fingerprint density at radius 2 is 1.70 bits per heavy atom. The van der Waals surface area contributed by atoms with Gasteiger partial charge in [0.15, 0.2) is 0 Å². The second-order valence-electron chi connectivity index (χ2n) is 7.76. The molecule has 4 nitrogen and oxygen atoms in total. The molecule has 0 aromatic heterocycles. The molecule has 1 heterocycles. The molecule has 0 aromatic carbocycles. The first kappa shape index (κ1) is 21.0. The Kier molecular flexibility index (Phi) is 8.12. The van der Waals surface area contributed by atoms with Gasteiger partial charge in [0.1, 0.15) is 0 Å². The number of fused-ring (bicyclic) bond motifs is 2.